The Labute approximate surface area is 103 Å². The number of esters is 1. The Kier molecular flexibility index (Phi) is 6.16. The first kappa shape index (κ1) is 15.9. The smallest absolute Gasteiger partial charge is 0.312 e. The summed E-state index contributed by atoms with van der Waals surface area (Å²) in [5.74, 6) is -0.262. The summed E-state index contributed by atoms with van der Waals surface area (Å²) >= 11 is 0. The van der Waals surface area contributed by atoms with Gasteiger partial charge in [0.1, 0.15) is 0 Å². The van der Waals surface area contributed by atoms with Crippen LogP contribution in [0.1, 0.15) is 27.7 Å². The fraction of sp³-hybridized carbons (Fsp3) is 0.833. The van der Waals surface area contributed by atoms with E-state index < -0.39 is 5.41 Å². The Morgan fingerprint density at radius 3 is 2.35 bits per heavy atom. The van der Waals surface area contributed by atoms with E-state index in [1.54, 1.807) is 32.7 Å². The second kappa shape index (κ2) is 6.59. The van der Waals surface area contributed by atoms with E-state index in [1.165, 1.54) is 7.11 Å². The van der Waals surface area contributed by atoms with Gasteiger partial charge in [0.15, 0.2) is 0 Å². The number of hydrogen-bond donors (Lipinski definition) is 1. The lowest BCUT2D eigenvalue weighted by Gasteiger charge is -2.26. The topological polar surface area (TPSA) is 58.6 Å². The summed E-state index contributed by atoms with van der Waals surface area (Å²) in [7, 11) is 3.12. The average molecular weight is 244 g/mol. The maximum atomic E-state index is 11.8. The van der Waals surface area contributed by atoms with Gasteiger partial charge in [0.05, 0.1) is 18.6 Å². The fourth-order valence-corrected chi connectivity index (χ4v) is 1.33. The van der Waals surface area contributed by atoms with Gasteiger partial charge in [-0.1, -0.05) is 0 Å². The molecular formula is C12H24N2O3. The monoisotopic (exact) mass is 244 g/mol. The molecule has 1 amide bonds. The van der Waals surface area contributed by atoms with E-state index in [1.807, 2.05) is 6.92 Å². The third-order valence-electron chi connectivity index (χ3n) is 2.81. The molecule has 100 valence electrons. The van der Waals surface area contributed by atoms with E-state index in [0.29, 0.717) is 13.1 Å². The minimum atomic E-state index is -0.631. The van der Waals surface area contributed by atoms with Crippen LogP contribution in [0, 0.1) is 5.41 Å². The molecule has 0 aliphatic heterocycles. The number of nitrogens with zero attached hydrogens (tertiary/aromatic N) is 1. The van der Waals surface area contributed by atoms with Crippen molar-refractivity contribution in [1.82, 2.24) is 10.2 Å². The molecule has 1 atom stereocenters. The molecule has 0 heterocycles. The molecular weight excluding hydrogens is 220 g/mol. The minimum Gasteiger partial charge on any atom is -0.469 e. The first-order chi connectivity index (χ1) is 7.76. The van der Waals surface area contributed by atoms with E-state index in [2.05, 4.69) is 5.32 Å². The molecule has 5 heteroatoms. The van der Waals surface area contributed by atoms with E-state index in [9.17, 15) is 9.59 Å². The number of ether oxygens (including phenoxy) is 1. The van der Waals surface area contributed by atoms with Crippen LogP contribution in [-0.2, 0) is 14.3 Å². The Hall–Kier alpha value is -1.10. The van der Waals surface area contributed by atoms with Gasteiger partial charge in [-0.25, -0.2) is 0 Å². The van der Waals surface area contributed by atoms with E-state index >= 15 is 0 Å². The highest BCUT2D eigenvalue weighted by Crippen LogP contribution is 2.15. The van der Waals surface area contributed by atoms with Gasteiger partial charge in [-0.15, -0.1) is 0 Å². The molecule has 17 heavy (non-hydrogen) atoms. The van der Waals surface area contributed by atoms with Crippen LogP contribution >= 0.6 is 0 Å². The van der Waals surface area contributed by atoms with Crippen molar-refractivity contribution in [3.05, 3.63) is 0 Å². The SMILES string of the molecule is CCN(C)C(=O)C(C)NCC(C)(C)C(=O)OC. The summed E-state index contributed by atoms with van der Waals surface area (Å²) in [4.78, 5) is 24.9. The van der Waals surface area contributed by atoms with Gasteiger partial charge < -0.3 is 15.0 Å². The number of carbonyl (C=O) groups excluding carboxylic acids is 2. The number of amides is 1. The van der Waals surface area contributed by atoms with Crippen molar-refractivity contribution < 1.29 is 14.3 Å². The van der Waals surface area contributed by atoms with Crippen LogP contribution in [0.4, 0.5) is 0 Å². The lowest BCUT2D eigenvalue weighted by Crippen LogP contribution is -2.47. The molecule has 0 fully saturated rings. The standard InChI is InChI=1S/C12H24N2O3/c1-7-14(5)10(15)9(2)13-8-12(3,4)11(16)17-6/h9,13H,7-8H2,1-6H3. The van der Waals surface area contributed by atoms with Crippen molar-refractivity contribution in [1.29, 1.82) is 0 Å². The second-order valence-corrected chi connectivity index (χ2v) is 4.83. The number of carbonyl (C=O) groups is 2. The molecule has 0 aliphatic carbocycles. The zero-order valence-corrected chi connectivity index (χ0v) is 11.7. The summed E-state index contributed by atoms with van der Waals surface area (Å²) in [6.45, 7) is 8.36. The van der Waals surface area contributed by atoms with Crippen molar-refractivity contribution in [2.24, 2.45) is 5.41 Å². The fourth-order valence-electron chi connectivity index (χ4n) is 1.33. The van der Waals surface area contributed by atoms with E-state index in [-0.39, 0.29) is 17.9 Å². The zero-order chi connectivity index (χ0) is 13.6. The van der Waals surface area contributed by atoms with Crippen LogP contribution in [0.5, 0.6) is 0 Å². The summed E-state index contributed by atoms with van der Waals surface area (Å²) in [6, 6.07) is -0.302. The predicted molar refractivity (Wildman–Crippen MR) is 66.6 cm³/mol. The third-order valence-corrected chi connectivity index (χ3v) is 2.81. The summed E-state index contributed by atoms with van der Waals surface area (Å²) in [5, 5.41) is 3.06. The highest BCUT2D eigenvalue weighted by Gasteiger charge is 2.29. The van der Waals surface area contributed by atoms with Crippen LogP contribution in [0.25, 0.3) is 0 Å². The number of nitrogens with one attached hydrogen (secondary N) is 1. The number of rotatable bonds is 6. The molecule has 0 aromatic rings. The maximum Gasteiger partial charge on any atom is 0.312 e. The molecule has 0 radical (unpaired) electrons. The Balaban J connectivity index is 4.29. The van der Waals surface area contributed by atoms with Gasteiger partial charge in [0, 0.05) is 20.1 Å². The van der Waals surface area contributed by atoms with Gasteiger partial charge >= 0.3 is 5.97 Å². The molecule has 0 aromatic carbocycles. The molecule has 0 saturated carbocycles. The van der Waals surface area contributed by atoms with Gasteiger partial charge in [0.2, 0.25) is 5.91 Å². The zero-order valence-electron chi connectivity index (χ0n) is 11.7. The summed E-state index contributed by atoms with van der Waals surface area (Å²) in [5.41, 5.74) is -0.631. The van der Waals surface area contributed by atoms with Gasteiger partial charge in [-0.3, -0.25) is 9.59 Å². The second-order valence-electron chi connectivity index (χ2n) is 4.83. The molecule has 0 rings (SSSR count). The van der Waals surface area contributed by atoms with Crippen molar-refractivity contribution in [2.45, 2.75) is 33.7 Å². The van der Waals surface area contributed by atoms with Gasteiger partial charge in [-0.2, -0.15) is 0 Å². The lowest BCUT2D eigenvalue weighted by molar-refractivity contribution is -0.150. The molecule has 0 aromatic heterocycles. The Bertz CT molecular complexity index is 277. The van der Waals surface area contributed by atoms with Crippen molar-refractivity contribution in [2.75, 3.05) is 27.2 Å². The molecule has 0 bridgehead atoms. The number of methoxy groups -OCH3 is 1. The van der Waals surface area contributed by atoms with E-state index in [0.717, 1.165) is 0 Å². The quantitative estimate of drug-likeness (QED) is 0.697. The first-order valence-corrected chi connectivity index (χ1v) is 5.83. The van der Waals surface area contributed by atoms with Crippen molar-refractivity contribution in [3.8, 4) is 0 Å². The van der Waals surface area contributed by atoms with Crippen LogP contribution < -0.4 is 5.32 Å². The van der Waals surface area contributed by atoms with Crippen LogP contribution in [-0.4, -0.2) is 50.1 Å². The maximum absolute atomic E-state index is 11.8. The van der Waals surface area contributed by atoms with E-state index in [4.69, 9.17) is 4.74 Å². The molecule has 0 spiro atoms. The lowest BCUT2D eigenvalue weighted by atomic mass is 9.93. The highest BCUT2D eigenvalue weighted by molar-refractivity contribution is 5.81. The molecule has 0 saturated heterocycles. The molecule has 1 N–H and O–H groups in total. The number of hydrogen-bond acceptors (Lipinski definition) is 4. The normalized spacial score (nSPS) is 13.1. The average Bonchev–Trinajstić information content (AvgIpc) is 2.32. The molecule has 5 nitrogen and oxygen atoms in total. The van der Waals surface area contributed by atoms with Crippen molar-refractivity contribution >= 4 is 11.9 Å². The van der Waals surface area contributed by atoms with Gasteiger partial charge in [0.25, 0.3) is 0 Å². The largest absolute Gasteiger partial charge is 0.469 e. The minimum absolute atomic E-state index is 0.0214. The van der Waals surface area contributed by atoms with Crippen LogP contribution in [0.15, 0.2) is 0 Å². The highest BCUT2D eigenvalue weighted by atomic mass is 16.5. The molecule has 0 aliphatic rings. The summed E-state index contributed by atoms with van der Waals surface area (Å²) < 4.78 is 4.70. The van der Waals surface area contributed by atoms with Gasteiger partial charge in [-0.05, 0) is 27.7 Å². The Morgan fingerprint density at radius 1 is 1.41 bits per heavy atom. The van der Waals surface area contributed by atoms with Crippen LogP contribution in [0.2, 0.25) is 0 Å². The first-order valence-electron chi connectivity index (χ1n) is 5.83. The number of likely N-dealkylation sites (N-methyl/N-ethyl adjacent to an activating group) is 1. The van der Waals surface area contributed by atoms with Crippen LogP contribution in [0.3, 0.4) is 0 Å². The predicted octanol–water partition coefficient (Wildman–Crippen LogP) is 0.642. The van der Waals surface area contributed by atoms with Crippen molar-refractivity contribution in [3.63, 3.8) is 0 Å². The summed E-state index contributed by atoms with van der Waals surface area (Å²) in [6.07, 6.45) is 0. The third kappa shape index (κ3) is 4.73. The molecule has 1 unspecified atom stereocenters. The Morgan fingerprint density at radius 2 is 1.94 bits per heavy atom.